The number of hydrogen-bond acceptors (Lipinski definition) is 5. The molecule has 0 aromatic rings. The highest BCUT2D eigenvalue weighted by Crippen LogP contribution is 2.54. The summed E-state index contributed by atoms with van der Waals surface area (Å²) in [6.45, 7) is 9.33. The minimum atomic E-state index is -3.59. The second-order valence-electron chi connectivity index (χ2n) is 6.01. The topological polar surface area (TPSA) is 44.8 Å². The minimum absolute atomic E-state index is 0.373. The summed E-state index contributed by atoms with van der Waals surface area (Å²) in [7, 11) is 1.93. The highest BCUT2D eigenvalue weighted by Gasteiger charge is 2.30. The summed E-state index contributed by atoms with van der Waals surface area (Å²) in [5, 5.41) is 0. The van der Waals surface area contributed by atoms with Crippen LogP contribution >= 0.6 is 29.8 Å². The van der Waals surface area contributed by atoms with Gasteiger partial charge in [0.2, 0.25) is 0 Å². The Hall–Kier alpha value is 0.750. The molecular formula is C16H34ClO4PS. The molecule has 2 atom stereocenters. The average molecular weight is 389 g/mol. The van der Waals surface area contributed by atoms with E-state index in [4.69, 9.17) is 23.7 Å². The number of unbranched alkanes of at least 4 members (excludes halogenated alkanes) is 2. The predicted octanol–water partition coefficient (Wildman–Crippen LogP) is 7.38. The molecule has 7 heteroatoms. The molecule has 0 aliphatic rings. The van der Waals surface area contributed by atoms with Gasteiger partial charge in [-0.2, -0.15) is 3.97 Å². The zero-order valence-electron chi connectivity index (χ0n) is 15.1. The van der Waals surface area contributed by atoms with Crippen LogP contribution in [-0.2, 0) is 17.6 Å². The van der Waals surface area contributed by atoms with E-state index in [0.717, 1.165) is 51.4 Å². The molecule has 0 saturated carbocycles. The number of phosphoric acid groups is 1. The number of hydrogen-bond donors (Lipinski definition) is 0. The summed E-state index contributed by atoms with van der Waals surface area (Å²) in [4.78, 5) is 0. The summed E-state index contributed by atoms with van der Waals surface area (Å²) in [5.41, 5.74) is 0. The van der Waals surface area contributed by atoms with Gasteiger partial charge in [-0.05, 0) is 35.4 Å². The van der Waals surface area contributed by atoms with Crippen LogP contribution in [0.4, 0.5) is 0 Å². The van der Waals surface area contributed by atoms with Crippen molar-refractivity contribution in [1.82, 2.24) is 0 Å². The van der Waals surface area contributed by atoms with E-state index in [1.54, 1.807) is 0 Å². The second-order valence-corrected chi connectivity index (χ2v) is 8.52. The minimum Gasteiger partial charge on any atom is -0.286 e. The van der Waals surface area contributed by atoms with Gasteiger partial charge in [-0.3, -0.25) is 9.05 Å². The van der Waals surface area contributed by atoms with Gasteiger partial charge in [0.25, 0.3) is 0 Å². The van der Waals surface area contributed by atoms with Crippen LogP contribution in [0.2, 0.25) is 0 Å². The summed E-state index contributed by atoms with van der Waals surface area (Å²) >= 11 is 0.522. The average Bonchev–Trinajstić information content (AvgIpc) is 2.55. The van der Waals surface area contributed by atoms with Gasteiger partial charge in [-0.15, -0.1) is 0 Å². The molecule has 0 N–H and O–H groups in total. The first-order valence-corrected chi connectivity index (χ1v) is 11.9. The zero-order chi connectivity index (χ0) is 17.6. The molecule has 0 bridgehead atoms. The van der Waals surface area contributed by atoms with Crippen molar-refractivity contribution in [1.29, 1.82) is 0 Å². The molecule has 0 spiro atoms. The standard InChI is InChI=1S/C16H34ClO4PS/c1-5-9-11-15(7-3)13-19-22(18,21-23-17)20-14-16(8-4)12-10-6-2/h15-16H,5-14H2,1-4H3. The van der Waals surface area contributed by atoms with Crippen LogP contribution in [0.3, 0.4) is 0 Å². The van der Waals surface area contributed by atoms with Gasteiger partial charge in [-0.25, -0.2) is 4.57 Å². The van der Waals surface area contributed by atoms with Crippen LogP contribution in [0.5, 0.6) is 0 Å². The number of halogens is 1. The Bertz CT molecular complexity index is 296. The van der Waals surface area contributed by atoms with E-state index >= 15 is 0 Å². The molecule has 0 aliphatic heterocycles. The Labute approximate surface area is 151 Å². The lowest BCUT2D eigenvalue weighted by Gasteiger charge is -2.22. The van der Waals surface area contributed by atoms with Crippen LogP contribution in [0.1, 0.15) is 79.1 Å². The quantitative estimate of drug-likeness (QED) is 0.204. The third kappa shape index (κ3) is 11.9. The maximum atomic E-state index is 12.6. The molecular weight excluding hydrogens is 355 g/mol. The molecule has 140 valence electrons. The van der Waals surface area contributed by atoms with E-state index in [1.807, 2.05) is 0 Å². The molecule has 4 nitrogen and oxygen atoms in total. The molecule has 0 aliphatic carbocycles. The van der Waals surface area contributed by atoms with Crippen LogP contribution < -0.4 is 0 Å². The largest absolute Gasteiger partial charge is 0.487 e. The smallest absolute Gasteiger partial charge is 0.286 e. The lowest BCUT2D eigenvalue weighted by Crippen LogP contribution is -2.12. The lowest BCUT2D eigenvalue weighted by molar-refractivity contribution is 0.120. The Morgan fingerprint density at radius 2 is 1.35 bits per heavy atom. The first-order chi connectivity index (χ1) is 11.0. The van der Waals surface area contributed by atoms with Gasteiger partial charge in [0.05, 0.1) is 13.2 Å². The maximum Gasteiger partial charge on any atom is 0.487 e. The predicted molar refractivity (Wildman–Crippen MR) is 101 cm³/mol. The van der Waals surface area contributed by atoms with Crippen LogP contribution in [-0.4, -0.2) is 13.2 Å². The van der Waals surface area contributed by atoms with Crippen molar-refractivity contribution in [2.75, 3.05) is 13.2 Å². The Kier molecular flexibility index (Phi) is 15.5. The van der Waals surface area contributed by atoms with Crippen LogP contribution in [0.15, 0.2) is 0 Å². The van der Waals surface area contributed by atoms with E-state index in [9.17, 15) is 4.57 Å². The van der Waals surface area contributed by atoms with Crippen molar-refractivity contribution in [2.45, 2.75) is 79.1 Å². The van der Waals surface area contributed by atoms with Gasteiger partial charge < -0.3 is 0 Å². The second kappa shape index (κ2) is 15.0. The molecule has 23 heavy (non-hydrogen) atoms. The molecule has 0 amide bonds. The van der Waals surface area contributed by atoms with Gasteiger partial charge in [-0.1, -0.05) is 66.2 Å². The fraction of sp³-hybridized carbons (Fsp3) is 1.00. The summed E-state index contributed by atoms with van der Waals surface area (Å²) in [6, 6.07) is 0. The third-order valence-corrected chi connectivity index (χ3v) is 6.54. The monoisotopic (exact) mass is 388 g/mol. The Morgan fingerprint density at radius 1 is 0.913 bits per heavy atom. The fourth-order valence-corrected chi connectivity index (χ4v) is 4.41. The van der Waals surface area contributed by atoms with Crippen molar-refractivity contribution in [3.8, 4) is 0 Å². The van der Waals surface area contributed by atoms with Crippen molar-refractivity contribution < 1.29 is 17.6 Å². The highest BCUT2D eigenvalue weighted by atomic mass is 35.7. The summed E-state index contributed by atoms with van der Waals surface area (Å²) in [5.74, 6) is 0.746. The van der Waals surface area contributed by atoms with E-state index in [-0.39, 0.29) is 0 Å². The van der Waals surface area contributed by atoms with E-state index in [2.05, 4.69) is 27.7 Å². The summed E-state index contributed by atoms with van der Waals surface area (Å²) < 4.78 is 28.7. The van der Waals surface area contributed by atoms with Gasteiger partial charge in [0.15, 0.2) is 0 Å². The van der Waals surface area contributed by atoms with Crippen LogP contribution in [0, 0.1) is 11.8 Å². The molecule has 0 radical (unpaired) electrons. The Morgan fingerprint density at radius 3 is 1.65 bits per heavy atom. The molecule has 2 unspecified atom stereocenters. The van der Waals surface area contributed by atoms with E-state index in [0.29, 0.717) is 36.3 Å². The summed E-state index contributed by atoms with van der Waals surface area (Å²) in [6.07, 6.45) is 8.69. The van der Waals surface area contributed by atoms with Gasteiger partial charge >= 0.3 is 7.82 Å². The van der Waals surface area contributed by atoms with E-state index < -0.39 is 7.82 Å². The maximum absolute atomic E-state index is 12.6. The zero-order valence-corrected chi connectivity index (χ0v) is 17.6. The van der Waals surface area contributed by atoms with E-state index in [1.165, 1.54) is 0 Å². The SMILES string of the molecule is CCCCC(CC)COP(=O)(OCC(CC)CCCC)OSCl. The van der Waals surface area contributed by atoms with Crippen LogP contribution in [0.25, 0.3) is 0 Å². The number of phosphoric ester groups is 1. The first kappa shape index (κ1) is 23.8. The first-order valence-electron chi connectivity index (χ1n) is 8.91. The van der Waals surface area contributed by atoms with Crippen molar-refractivity contribution in [3.63, 3.8) is 0 Å². The molecule has 0 aromatic carbocycles. The Balaban J connectivity index is 4.44. The normalized spacial score (nSPS) is 16.9. The number of rotatable bonds is 16. The molecule has 0 heterocycles. The highest BCUT2D eigenvalue weighted by molar-refractivity contribution is 8.19. The molecule has 0 saturated heterocycles. The van der Waals surface area contributed by atoms with Gasteiger partial charge in [0.1, 0.15) is 11.3 Å². The molecule has 0 aromatic heterocycles. The molecule has 0 rings (SSSR count). The lowest BCUT2D eigenvalue weighted by atomic mass is 10.0. The van der Waals surface area contributed by atoms with Crippen molar-refractivity contribution in [2.24, 2.45) is 11.8 Å². The fourth-order valence-electron chi connectivity index (χ4n) is 2.30. The van der Waals surface area contributed by atoms with Gasteiger partial charge in [0, 0.05) is 0 Å². The van der Waals surface area contributed by atoms with Crippen molar-refractivity contribution >= 4 is 29.8 Å². The van der Waals surface area contributed by atoms with Crippen molar-refractivity contribution in [3.05, 3.63) is 0 Å². The third-order valence-electron chi connectivity index (χ3n) is 4.14. The molecule has 0 fully saturated rings.